The van der Waals surface area contributed by atoms with Crippen LogP contribution in [0.15, 0.2) is 0 Å². The van der Waals surface area contributed by atoms with Gasteiger partial charge in [-0.2, -0.15) is 0 Å². The molecule has 0 fully saturated rings. The lowest BCUT2D eigenvalue weighted by Crippen LogP contribution is -2.02. The molecule has 0 aromatic rings. The van der Waals surface area contributed by atoms with Gasteiger partial charge in [0.2, 0.25) is 0 Å². The van der Waals surface area contributed by atoms with Crippen LogP contribution in [0.3, 0.4) is 0 Å². The Bertz CT molecular complexity index is 63.5. The average molecular weight is 115 g/mol. The number of hydrogen-bond donors (Lipinski definition) is 1. The van der Waals surface area contributed by atoms with Gasteiger partial charge in [0.25, 0.3) is 0 Å². The molecule has 2 nitrogen and oxygen atoms in total. The zero-order chi connectivity index (χ0) is 6.41. The second-order valence-electron chi connectivity index (χ2n) is 2.00. The molecule has 2 heteroatoms. The van der Waals surface area contributed by atoms with Crippen molar-refractivity contribution in [1.82, 2.24) is 0 Å². The number of hydrogen-bond acceptors (Lipinski definition) is 2. The predicted octanol–water partition coefficient (Wildman–Crippen LogP) is 1.31. The Morgan fingerprint density at radius 1 is 1.75 bits per heavy atom. The third kappa shape index (κ3) is 3.81. The van der Waals surface area contributed by atoms with Crippen molar-refractivity contribution in [3.63, 3.8) is 0 Å². The molecule has 0 aliphatic heterocycles. The Balaban J connectivity index is 3.03. The first-order valence-corrected chi connectivity index (χ1v) is 2.79. The summed E-state index contributed by atoms with van der Waals surface area (Å²) in [7, 11) is 1.68. The summed E-state index contributed by atoms with van der Waals surface area (Å²) in [6.07, 6.45) is 2.25. The van der Waals surface area contributed by atoms with Gasteiger partial charge < -0.3 is 10.1 Å². The van der Waals surface area contributed by atoms with E-state index in [0.29, 0.717) is 5.92 Å². The molecule has 1 atom stereocenters. The standard InChI is InChI=1S/C6H13NO/c1-6(3-4-7)5-8-2/h4,6-7H,3,5H2,1-2H3/t6-/m0/s1. The van der Waals surface area contributed by atoms with Gasteiger partial charge in [-0.3, -0.25) is 0 Å². The van der Waals surface area contributed by atoms with Gasteiger partial charge in [-0.25, -0.2) is 0 Å². The van der Waals surface area contributed by atoms with E-state index in [2.05, 4.69) is 6.92 Å². The maximum absolute atomic E-state index is 6.73. The molecule has 0 spiro atoms. The van der Waals surface area contributed by atoms with Gasteiger partial charge >= 0.3 is 0 Å². The smallest absolute Gasteiger partial charge is 0.0491 e. The molecule has 0 aliphatic rings. The van der Waals surface area contributed by atoms with Crippen LogP contribution >= 0.6 is 0 Å². The van der Waals surface area contributed by atoms with Crippen molar-refractivity contribution < 1.29 is 4.74 Å². The molecule has 0 saturated heterocycles. The summed E-state index contributed by atoms with van der Waals surface area (Å²) in [5, 5.41) is 6.73. The summed E-state index contributed by atoms with van der Waals surface area (Å²) in [5.41, 5.74) is 0. The second kappa shape index (κ2) is 4.78. The highest BCUT2D eigenvalue weighted by molar-refractivity contribution is 5.53. The molecular formula is C6H13NO. The molecule has 0 radical (unpaired) electrons. The lowest BCUT2D eigenvalue weighted by atomic mass is 10.1. The Labute approximate surface area is 50.4 Å². The van der Waals surface area contributed by atoms with E-state index in [0.717, 1.165) is 13.0 Å². The molecule has 0 amide bonds. The molecule has 0 rings (SSSR count). The van der Waals surface area contributed by atoms with Crippen molar-refractivity contribution in [3.8, 4) is 0 Å². The molecule has 0 aromatic carbocycles. The third-order valence-electron chi connectivity index (χ3n) is 0.971. The van der Waals surface area contributed by atoms with Gasteiger partial charge in [-0.1, -0.05) is 6.92 Å². The van der Waals surface area contributed by atoms with E-state index in [1.807, 2.05) is 0 Å². The van der Waals surface area contributed by atoms with Gasteiger partial charge in [-0.15, -0.1) is 0 Å². The summed E-state index contributed by atoms with van der Waals surface area (Å²) >= 11 is 0. The Morgan fingerprint density at radius 2 is 2.38 bits per heavy atom. The molecule has 48 valence electrons. The van der Waals surface area contributed by atoms with E-state index in [1.54, 1.807) is 7.11 Å². The Hall–Kier alpha value is -0.370. The van der Waals surface area contributed by atoms with E-state index in [4.69, 9.17) is 10.1 Å². The molecule has 8 heavy (non-hydrogen) atoms. The molecule has 0 aromatic heterocycles. The van der Waals surface area contributed by atoms with E-state index >= 15 is 0 Å². The van der Waals surface area contributed by atoms with Gasteiger partial charge in [-0.05, 0) is 18.6 Å². The highest BCUT2D eigenvalue weighted by Gasteiger charge is 1.95. The molecule has 0 saturated carbocycles. The topological polar surface area (TPSA) is 33.1 Å². The molecule has 0 heterocycles. The van der Waals surface area contributed by atoms with Crippen molar-refractivity contribution >= 4 is 6.21 Å². The average Bonchev–Trinajstić information content (AvgIpc) is 1.68. The zero-order valence-electron chi connectivity index (χ0n) is 5.48. The van der Waals surface area contributed by atoms with Crippen LogP contribution in [0.5, 0.6) is 0 Å². The minimum atomic E-state index is 0.498. The van der Waals surface area contributed by atoms with E-state index in [1.165, 1.54) is 6.21 Å². The van der Waals surface area contributed by atoms with Gasteiger partial charge in [0.1, 0.15) is 0 Å². The van der Waals surface area contributed by atoms with Crippen LogP contribution in [-0.2, 0) is 4.74 Å². The van der Waals surface area contributed by atoms with Crippen LogP contribution in [0.4, 0.5) is 0 Å². The Kier molecular flexibility index (Phi) is 4.56. The van der Waals surface area contributed by atoms with E-state index in [-0.39, 0.29) is 0 Å². The predicted molar refractivity (Wildman–Crippen MR) is 34.4 cm³/mol. The number of nitrogens with one attached hydrogen (secondary N) is 1. The summed E-state index contributed by atoms with van der Waals surface area (Å²) < 4.78 is 4.85. The lowest BCUT2D eigenvalue weighted by molar-refractivity contribution is 0.163. The van der Waals surface area contributed by atoms with Crippen molar-refractivity contribution in [3.05, 3.63) is 0 Å². The first-order chi connectivity index (χ1) is 3.81. The number of methoxy groups -OCH3 is 1. The number of ether oxygens (including phenoxy) is 1. The number of rotatable bonds is 4. The van der Waals surface area contributed by atoms with Crippen LogP contribution in [0.2, 0.25) is 0 Å². The maximum Gasteiger partial charge on any atom is 0.0491 e. The van der Waals surface area contributed by atoms with Crippen molar-refractivity contribution in [2.75, 3.05) is 13.7 Å². The third-order valence-corrected chi connectivity index (χ3v) is 0.971. The van der Waals surface area contributed by atoms with Crippen LogP contribution in [0.25, 0.3) is 0 Å². The van der Waals surface area contributed by atoms with Crippen LogP contribution in [0.1, 0.15) is 13.3 Å². The van der Waals surface area contributed by atoms with Crippen LogP contribution in [-0.4, -0.2) is 19.9 Å². The van der Waals surface area contributed by atoms with Crippen molar-refractivity contribution in [2.45, 2.75) is 13.3 Å². The van der Waals surface area contributed by atoms with Crippen LogP contribution < -0.4 is 0 Å². The normalized spacial score (nSPS) is 13.2. The fourth-order valence-electron chi connectivity index (χ4n) is 0.554. The monoisotopic (exact) mass is 115 g/mol. The second-order valence-corrected chi connectivity index (χ2v) is 2.00. The minimum Gasteiger partial charge on any atom is -0.384 e. The van der Waals surface area contributed by atoms with Crippen molar-refractivity contribution in [1.29, 1.82) is 5.41 Å². The first kappa shape index (κ1) is 7.63. The lowest BCUT2D eigenvalue weighted by Gasteiger charge is -2.03. The van der Waals surface area contributed by atoms with E-state index in [9.17, 15) is 0 Å². The summed E-state index contributed by atoms with van der Waals surface area (Å²) in [6, 6.07) is 0. The Morgan fingerprint density at radius 3 is 2.75 bits per heavy atom. The fourth-order valence-corrected chi connectivity index (χ4v) is 0.554. The maximum atomic E-state index is 6.73. The van der Waals surface area contributed by atoms with Crippen LogP contribution in [0, 0.1) is 11.3 Å². The molecule has 0 aliphatic carbocycles. The van der Waals surface area contributed by atoms with Gasteiger partial charge in [0, 0.05) is 13.7 Å². The molecule has 1 N–H and O–H groups in total. The summed E-state index contributed by atoms with van der Waals surface area (Å²) in [4.78, 5) is 0. The largest absolute Gasteiger partial charge is 0.384 e. The molecule has 0 bridgehead atoms. The molecular weight excluding hydrogens is 102 g/mol. The molecule has 0 unspecified atom stereocenters. The van der Waals surface area contributed by atoms with Crippen molar-refractivity contribution in [2.24, 2.45) is 5.92 Å². The quantitative estimate of drug-likeness (QED) is 0.550. The SMILES string of the molecule is COC[C@@H](C)CC=N. The highest BCUT2D eigenvalue weighted by atomic mass is 16.5. The first-order valence-electron chi connectivity index (χ1n) is 2.79. The van der Waals surface area contributed by atoms with Gasteiger partial charge in [0.05, 0.1) is 0 Å². The van der Waals surface area contributed by atoms with Gasteiger partial charge in [0.15, 0.2) is 0 Å². The zero-order valence-corrected chi connectivity index (χ0v) is 5.48. The fraction of sp³-hybridized carbons (Fsp3) is 0.833. The minimum absolute atomic E-state index is 0.498. The highest BCUT2D eigenvalue weighted by Crippen LogP contribution is 1.97. The summed E-state index contributed by atoms with van der Waals surface area (Å²) in [6.45, 7) is 2.82. The summed E-state index contributed by atoms with van der Waals surface area (Å²) in [5.74, 6) is 0.498. The van der Waals surface area contributed by atoms with E-state index < -0.39 is 0 Å².